The van der Waals surface area contributed by atoms with Gasteiger partial charge in [0.2, 0.25) is 5.91 Å². The van der Waals surface area contributed by atoms with Gasteiger partial charge in [0.05, 0.1) is 6.04 Å². The Kier molecular flexibility index (Phi) is 4.25. The summed E-state index contributed by atoms with van der Waals surface area (Å²) in [4.78, 5) is 11.6. The Morgan fingerprint density at radius 2 is 2.17 bits per heavy atom. The van der Waals surface area contributed by atoms with Gasteiger partial charge in [0.25, 0.3) is 0 Å². The fourth-order valence-electron chi connectivity index (χ4n) is 2.03. The largest absolute Gasteiger partial charge is 0.355 e. The molecule has 3 nitrogen and oxygen atoms in total. The lowest BCUT2D eigenvalue weighted by molar-refractivity contribution is -0.122. The van der Waals surface area contributed by atoms with Crippen molar-refractivity contribution in [1.29, 1.82) is 0 Å². The number of nitrogens with one attached hydrogen (secondary N) is 2. The summed E-state index contributed by atoms with van der Waals surface area (Å²) in [6.07, 6.45) is 2.67. The minimum absolute atomic E-state index is 0.0463. The summed E-state index contributed by atoms with van der Waals surface area (Å²) in [6, 6.07) is 3.17. The normalized spacial score (nSPS) is 20.3. The Labute approximate surface area is 105 Å². The first-order valence-electron chi connectivity index (χ1n) is 6.12. The molecule has 1 amide bonds. The van der Waals surface area contributed by atoms with Gasteiger partial charge in [0.1, 0.15) is 11.6 Å². The Morgan fingerprint density at radius 1 is 1.33 bits per heavy atom. The number of amides is 1. The molecule has 98 valence electrons. The van der Waals surface area contributed by atoms with Crippen molar-refractivity contribution >= 4 is 5.91 Å². The van der Waals surface area contributed by atoms with E-state index >= 15 is 0 Å². The second-order valence-electron chi connectivity index (χ2n) is 4.46. The van der Waals surface area contributed by atoms with Crippen LogP contribution in [0.5, 0.6) is 0 Å². The molecule has 1 aliphatic heterocycles. The summed E-state index contributed by atoms with van der Waals surface area (Å²) in [6.45, 7) is 0.923. The van der Waals surface area contributed by atoms with Crippen LogP contribution < -0.4 is 10.6 Å². The third-order valence-corrected chi connectivity index (χ3v) is 3.09. The number of hydrogen-bond donors (Lipinski definition) is 2. The van der Waals surface area contributed by atoms with E-state index < -0.39 is 11.6 Å². The molecule has 2 rings (SSSR count). The highest BCUT2D eigenvalue weighted by molar-refractivity contribution is 5.81. The first kappa shape index (κ1) is 13.0. The van der Waals surface area contributed by atoms with Gasteiger partial charge in [0.15, 0.2) is 0 Å². The SMILES string of the molecule is O=C1NCCCC[C@H]1NCc1ccc(F)cc1F. The molecule has 1 heterocycles. The summed E-state index contributed by atoms with van der Waals surface area (Å²) in [5.74, 6) is -1.23. The maximum absolute atomic E-state index is 13.4. The molecule has 18 heavy (non-hydrogen) atoms. The molecule has 0 spiro atoms. The number of rotatable bonds is 3. The molecular formula is C13H16F2N2O. The standard InChI is InChI=1S/C13H16F2N2O/c14-10-5-4-9(11(15)7-10)8-17-12-3-1-2-6-16-13(12)18/h4-5,7,12,17H,1-3,6,8H2,(H,16,18)/t12-/m1/s1. The lowest BCUT2D eigenvalue weighted by Gasteiger charge is -2.15. The lowest BCUT2D eigenvalue weighted by Crippen LogP contribution is -2.42. The number of halogens is 2. The van der Waals surface area contributed by atoms with Crippen LogP contribution in [0.25, 0.3) is 0 Å². The molecule has 1 fully saturated rings. The van der Waals surface area contributed by atoms with Gasteiger partial charge >= 0.3 is 0 Å². The first-order valence-corrected chi connectivity index (χ1v) is 6.12. The number of carbonyl (C=O) groups excluding carboxylic acids is 1. The van der Waals surface area contributed by atoms with E-state index in [2.05, 4.69) is 10.6 Å². The Hall–Kier alpha value is -1.49. The van der Waals surface area contributed by atoms with Crippen molar-refractivity contribution in [1.82, 2.24) is 10.6 Å². The summed E-state index contributed by atoms with van der Waals surface area (Å²) in [5.41, 5.74) is 0.369. The van der Waals surface area contributed by atoms with E-state index in [9.17, 15) is 13.6 Å². The Morgan fingerprint density at radius 3 is 2.94 bits per heavy atom. The molecule has 1 aromatic rings. The maximum atomic E-state index is 13.4. The minimum Gasteiger partial charge on any atom is -0.355 e. The van der Waals surface area contributed by atoms with Crippen molar-refractivity contribution in [3.63, 3.8) is 0 Å². The summed E-state index contributed by atoms with van der Waals surface area (Å²) >= 11 is 0. The average molecular weight is 254 g/mol. The maximum Gasteiger partial charge on any atom is 0.237 e. The highest BCUT2D eigenvalue weighted by Gasteiger charge is 2.20. The lowest BCUT2D eigenvalue weighted by atomic mass is 10.1. The topological polar surface area (TPSA) is 41.1 Å². The summed E-state index contributed by atoms with van der Waals surface area (Å²) < 4.78 is 26.1. The van der Waals surface area contributed by atoms with Crippen LogP contribution in [0, 0.1) is 11.6 Å². The first-order chi connectivity index (χ1) is 8.66. The fraction of sp³-hybridized carbons (Fsp3) is 0.462. The third-order valence-electron chi connectivity index (χ3n) is 3.09. The minimum atomic E-state index is -0.594. The predicted octanol–water partition coefficient (Wildman–Crippen LogP) is 1.72. The van der Waals surface area contributed by atoms with Crippen LogP contribution in [-0.2, 0) is 11.3 Å². The van der Waals surface area contributed by atoms with E-state index in [0.29, 0.717) is 12.1 Å². The van der Waals surface area contributed by atoms with Gasteiger partial charge in [-0.1, -0.05) is 6.07 Å². The summed E-state index contributed by atoms with van der Waals surface area (Å²) in [5, 5.41) is 5.81. The Balaban J connectivity index is 1.95. The van der Waals surface area contributed by atoms with Gasteiger partial charge in [-0.2, -0.15) is 0 Å². The van der Waals surface area contributed by atoms with Crippen molar-refractivity contribution in [3.8, 4) is 0 Å². The van der Waals surface area contributed by atoms with Gasteiger partial charge in [-0.3, -0.25) is 4.79 Å². The zero-order valence-electron chi connectivity index (χ0n) is 10.0. The van der Waals surface area contributed by atoms with Crippen molar-refractivity contribution in [2.24, 2.45) is 0 Å². The van der Waals surface area contributed by atoms with Crippen molar-refractivity contribution in [2.45, 2.75) is 31.8 Å². The van der Waals surface area contributed by atoms with Crippen molar-refractivity contribution < 1.29 is 13.6 Å². The molecule has 0 unspecified atom stereocenters. The van der Waals surface area contributed by atoms with Gasteiger partial charge in [0, 0.05) is 24.7 Å². The van der Waals surface area contributed by atoms with E-state index in [1.807, 2.05) is 0 Å². The molecule has 0 radical (unpaired) electrons. The van der Waals surface area contributed by atoms with E-state index in [1.54, 1.807) is 0 Å². The van der Waals surface area contributed by atoms with E-state index in [-0.39, 0.29) is 18.5 Å². The molecule has 2 N–H and O–H groups in total. The van der Waals surface area contributed by atoms with Crippen molar-refractivity contribution in [3.05, 3.63) is 35.4 Å². The molecule has 1 saturated heterocycles. The Bertz CT molecular complexity index is 437. The van der Waals surface area contributed by atoms with Crippen LogP contribution in [0.4, 0.5) is 8.78 Å². The monoisotopic (exact) mass is 254 g/mol. The van der Waals surface area contributed by atoms with E-state index in [4.69, 9.17) is 0 Å². The van der Waals surface area contributed by atoms with Gasteiger partial charge in [-0.25, -0.2) is 8.78 Å². The highest BCUT2D eigenvalue weighted by atomic mass is 19.1. The van der Waals surface area contributed by atoms with Crippen molar-refractivity contribution in [2.75, 3.05) is 6.54 Å². The molecule has 1 aliphatic rings. The molecule has 1 aromatic carbocycles. The van der Waals surface area contributed by atoms with E-state index in [0.717, 1.165) is 25.3 Å². The zero-order chi connectivity index (χ0) is 13.0. The second-order valence-corrected chi connectivity index (χ2v) is 4.46. The second kappa shape index (κ2) is 5.91. The molecule has 5 heteroatoms. The zero-order valence-corrected chi connectivity index (χ0v) is 10.0. The van der Waals surface area contributed by atoms with Crippen LogP contribution in [0.2, 0.25) is 0 Å². The average Bonchev–Trinajstić information content (AvgIpc) is 2.53. The van der Waals surface area contributed by atoms with Crippen LogP contribution in [-0.4, -0.2) is 18.5 Å². The smallest absolute Gasteiger partial charge is 0.237 e. The molecule has 0 aromatic heterocycles. The molecule has 0 saturated carbocycles. The number of hydrogen-bond acceptors (Lipinski definition) is 2. The highest BCUT2D eigenvalue weighted by Crippen LogP contribution is 2.11. The van der Waals surface area contributed by atoms with E-state index in [1.165, 1.54) is 12.1 Å². The molecule has 0 aliphatic carbocycles. The number of benzene rings is 1. The van der Waals surface area contributed by atoms with Gasteiger partial charge < -0.3 is 10.6 Å². The fourth-order valence-corrected chi connectivity index (χ4v) is 2.03. The number of carbonyl (C=O) groups is 1. The summed E-state index contributed by atoms with van der Waals surface area (Å²) in [7, 11) is 0. The molecule has 1 atom stereocenters. The van der Waals surface area contributed by atoms with Crippen LogP contribution in [0.1, 0.15) is 24.8 Å². The van der Waals surface area contributed by atoms with Crippen LogP contribution >= 0.6 is 0 Å². The molecular weight excluding hydrogens is 238 g/mol. The van der Waals surface area contributed by atoms with Crippen LogP contribution in [0.3, 0.4) is 0 Å². The van der Waals surface area contributed by atoms with Gasteiger partial charge in [-0.15, -0.1) is 0 Å². The quantitative estimate of drug-likeness (QED) is 0.862. The third kappa shape index (κ3) is 3.26. The van der Waals surface area contributed by atoms with Gasteiger partial charge in [-0.05, 0) is 25.3 Å². The predicted molar refractivity (Wildman–Crippen MR) is 63.8 cm³/mol. The van der Waals surface area contributed by atoms with Crippen LogP contribution in [0.15, 0.2) is 18.2 Å². The molecule has 0 bridgehead atoms.